The molecule has 0 heterocycles. The number of carbonyl (C=O) groups is 1. The number of hydrogen-bond acceptors (Lipinski definition) is 4. The van der Waals surface area contributed by atoms with Crippen LogP contribution in [0.1, 0.15) is 232 Å². The minimum atomic E-state index is -1.11. The number of amides is 1. The Morgan fingerprint density at radius 3 is 1.22 bits per heavy atom. The molecule has 0 aliphatic rings. The van der Waals surface area contributed by atoms with E-state index in [-0.39, 0.29) is 6.61 Å². The van der Waals surface area contributed by atoms with E-state index in [2.05, 4.69) is 55.6 Å². The molecular weight excluding hydrogens is 667 g/mol. The number of carbonyl (C=O) groups excluding carboxylic acids is 1. The van der Waals surface area contributed by atoms with E-state index in [4.69, 9.17) is 0 Å². The lowest BCUT2D eigenvalue weighted by molar-refractivity contribution is -0.131. The van der Waals surface area contributed by atoms with Gasteiger partial charge in [-0.25, -0.2) is 0 Å². The van der Waals surface area contributed by atoms with E-state index in [0.29, 0.717) is 6.42 Å². The predicted molar refractivity (Wildman–Crippen MR) is 236 cm³/mol. The van der Waals surface area contributed by atoms with Crippen LogP contribution in [0.15, 0.2) is 48.6 Å². The minimum Gasteiger partial charge on any atom is -0.394 e. The van der Waals surface area contributed by atoms with E-state index in [1.165, 1.54) is 161 Å². The molecule has 4 N–H and O–H groups in total. The molecule has 0 saturated carbocycles. The summed E-state index contributed by atoms with van der Waals surface area (Å²) in [4.78, 5) is 12.4. The third-order valence-electron chi connectivity index (χ3n) is 10.6. The average molecular weight is 758 g/mol. The van der Waals surface area contributed by atoms with Crippen LogP contribution in [0.2, 0.25) is 0 Å². The largest absolute Gasteiger partial charge is 0.394 e. The molecule has 0 aliphatic carbocycles. The second kappa shape index (κ2) is 44.0. The smallest absolute Gasteiger partial charge is 0.249 e. The monoisotopic (exact) mass is 758 g/mol. The second-order valence-corrected chi connectivity index (χ2v) is 15.9. The number of hydrogen-bond donors (Lipinski definition) is 4. The Kier molecular flexibility index (Phi) is 42.7. The summed E-state index contributed by atoms with van der Waals surface area (Å²) in [6.45, 7) is 4.04. The van der Waals surface area contributed by atoms with Crippen molar-refractivity contribution in [3.8, 4) is 0 Å². The number of nitrogens with one attached hydrogen (secondary N) is 1. The number of aliphatic hydroxyl groups excluding tert-OH is 3. The molecule has 0 aromatic rings. The molecule has 0 bridgehead atoms. The van der Waals surface area contributed by atoms with Gasteiger partial charge in [-0.2, -0.15) is 0 Å². The highest BCUT2D eigenvalue weighted by molar-refractivity contribution is 5.80. The molecule has 54 heavy (non-hydrogen) atoms. The molecule has 0 aromatic heterocycles. The van der Waals surface area contributed by atoms with Crippen LogP contribution in [0.5, 0.6) is 0 Å². The van der Waals surface area contributed by atoms with E-state index >= 15 is 0 Å². The Bertz CT molecular complexity index is 881. The molecule has 0 fully saturated rings. The summed E-state index contributed by atoms with van der Waals surface area (Å²) in [6, 6.07) is -0.819. The van der Waals surface area contributed by atoms with Gasteiger partial charge in [0.1, 0.15) is 6.10 Å². The van der Waals surface area contributed by atoms with Crippen LogP contribution in [0.3, 0.4) is 0 Å². The van der Waals surface area contributed by atoms with Gasteiger partial charge in [0.15, 0.2) is 0 Å². The van der Waals surface area contributed by atoms with Gasteiger partial charge in [0, 0.05) is 0 Å². The highest BCUT2D eigenvalue weighted by Gasteiger charge is 2.22. The standard InChI is InChI=1S/C49H91NO4/c1-3-5-7-9-11-13-15-16-17-18-19-20-21-22-23-24-25-26-27-28-29-30-31-32-33-34-36-38-40-42-44-48(53)49(54)50-46(45-51)47(52)43-41-39-37-35-14-12-10-8-6-4-2/h6,8,14,22-23,35,41,43,46-48,51-53H,3-5,7,9-13,15-21,24-34,36-40,42,44-45H2,1-2H3,(H,50,54)/b8-6+,23-22-,35-14+,43-41+. The molecule has 316 valence electrons. The van der Waals surface area contributed by atoms with Crippen molar-refractivity contribution in [1.29, 1.82) is 0 Å². The van der Waals surface area contributed by atoms with Crippen molar-refractivity contribution in [3.63, 3.8) is 0 Å². The van der Waals surface area contributed by atoms with Crippen LogP contribution in [0.25, 0.3) is 0 Å². The fourth-order valence-electron chi connectivity index (χ4n) is 6.98. The molecule has 3 atom stereocenters. The van der Waals surface area contributed by atoms with Gasteiger partial charge >= 0.3 is 0 Å². The molecule has 0 saturated heterocycles. The molecule has 0 aliphatic heterocycles. The maximum absolute atomic E-state index is 12.4. The Morgan fingerprint density at radius 1 is 0.463 bits per heavy atom. The first-order valence-corrected chi connectivity index (χ1v) is 23.5. The SMILES string of the molecule is CC/C=C/CC/C=C/CC/C=C/C(O)C(CO)NC(=O)C(O)CCCCCCCCCCCCCCCC/C=C\CCCCCCCCCCCCCC. The summed E-state index contributed by atoms with van der Waals surface area (Å²) in [7, 11) is 0. The van der Waals surface area contributed by atoms with Gasteiger partial charge in [-0.05, 0) is 64.2 Å². The van der Waals surface area contributed by atoms with E-state index in [0.717, 1.165) is 51.4 Å². The van der Waals surface area contributed by atoms with Gasteiger partial charge in [0.25, 0.3) is 0 Å². The highest BCUT2D eigenvalue weighted by Crippen LogP contribution is 2.16. The molecule has 0 spiro atoms. The Hall–Kier alpha value is -1.69. The first-order chi connectivity index (χ1) is 26.6. The third kappa shape index (κ3) is 38.6. The van der Waals surface area contributed by atoms with Crippen molar-refractivity contribution in [1.82, 2.24) is 5.32 Å². The van der Waals surface area contributed by atoms with Crippen molar-refractivity contribution in [2.24, 2.45) is 0 Å². The topological polar surface area (TPSA) is 89.8 Å². The average Bonchev–Trinajstić information content (AvgIpc) is 3.18. The number of unbranched alkanes of at least 4 members (excludes halogenated alkanes) is 28. The molecule has 0 radical (unpaired) electrons. The van der Waals surface area contributed by atoms with E-state index in [1.807, 2.05) is 6.08 Å². The summed E-state index contributed by atoms with van der Waals surface area (Å²) in [6.07, 6.45) is 57.6. The molecule has 0 aromatic carbocycles. The Balaban J connectivity index is 3.53. The summed E-state index contributed by atoms with van der Waals surface area (Å²) in [5.74, 6) is -0.519. The van der Waals surface area contributed by atoms with Gasteiger partial charge in [0.05, 0.1) is 18.8 Å². The number of rotatable bonds is 42. The van der Waals surface area contributed by atoms with Crippen molar-refractivity contribution < 1.29 is 20.1 Å². The predicted octanol–water partition coefficient (Wildman–Crippen LogP) is 13.7. The van der Waals surface area contributed by atoms with Gasteiger partial charge in [-0.1, -0.05) is 217 Å². The van der Waals surface area contributed by atoms with Crippen molar-refractivity contribution >= 4 is 5.91 Å². The Morgan fingerprint density at radius 2 is 0.815 bits per heavy atom. The van der Waals surface area contributed by atoms with Gasteiger partial charge in [-0.3, -0.25) is 4.79 Å². The highest BCUT2D eigenvalue weighted by atomic mass is 16.3. The van der Waals surface area contributed by atoms with Gasteiger partial charge in [0.2, 0.25) is 5.91 Å². The van der Waals surface area contributed by atoms with Crippen molar-refractivity contribution in [3.05, 3.63) is 48.6 Å². The second-order valence-electron chi connectivity index (χ2n) is 15.9. The molecule has 5 nitrogen and oxygen atoms in total. The zero-order valence-corrected chi connectivity index (χ0v) is 35.8. The number of allylic oxidation sites excluding steroid dienone is 7. The summed E-state index contributed by atoms with van der Waals surface area (Å²) in [5, 5.41) is 33.0. The van der Waals surface area contributed by atoms with E-state index < -0.39 is 24.2 Å². The summed E-state index contributed by atoms with van der Waals surface area (Å²) >= 11 is 0. The lowest BCUT2D eigenvalue weighted by atomic mass is 10.0. The van der Waals surface area contributed by atoms with Crippen LogP contribution >= 0.6 is 0 Å². The van der Waals surface area contributed by atoms with Gasteiger partial charge in [-0.15, -0.1) is 0 Å². The van der Waals surface area contributed by atoms with E-state index in [9.17, 15) is 20.1 Å². The van der Waals surface area contributed by atoms with Crippen molar-refractivity contribution in [2.45, 2.75) is 250 Å². The van der Waals surface area contributed by atoms with Crippen LogP contribution in [0.4, 0.5) is 0 Å². The lowest BCUT2D eigenvalue weighted by Gasteiger charge is -2.21. The fraction of sp³-hybridized carbons (Fsp3) is 0.816. The van der Waals surface area contributed by atoms with Crippen LogP contribution in [0, 0.1) is 0 Å². The van der Waals surface area contributed by atoms with E-state index in [1.54, 1.807) is 6.08 Å². The normalized spacial score (nSPS) is 13.9. The summed E-state index contributed by atoms with van der Waals surface area (Å²) < 4.78 is 0. The maximum atomic E-state index is 12.4. The number of aliphatic hydroxyl groups is 3. The maximum Gasteiger partial charge on any atom is 0.249 e. The molecule has 0 rings (SSSR count). The van der Waals surface area contributed by atoms with Gasteiger partial charge < -0.3 is 20.6 Å². The zero-order valence-electron chi connectivity index (χ0n) is 35.8. The third-order valence-corrected chi connectivity index (χ3v) is 10.6. The lowest BCUT2D eigenvalue weighted by Crippen LogP contribution is -2.48. The van der Waals surface area contributed by atoms with Crippen LogP contribution < -0.4 is 5.32 Å². The van der Waals surface area contributed by atoms with Crippen molar-refractivity contribution in [2.75, 3.05) is 6.61 Å². The zero-order chi connectivity index (χ0) is 39.4. The molecular formula is C49H91NO4. The van der Waals surface area contributed by atoms with Crippen LogP contribution in [-0.2, 0) is 4.79 Å². The Labute approximate surface area is 336 Å². The van der Waals surface area contributed by atoms with Crippen LogP contribution in [-0.4, -0.2) is 46.1 Å². The molecule has 3 unspecified atom stereocenters. The fourth-order valence-corrected chi connectivity index (χ4v) is 6.98. The first kappa shape index (κ1) is 52.3. The molecule has 1 amide bonds. The molecule has 5 heteroatoms. The minimum absolute atomic E-state index is 0.382. The first-order valence-electron chi connectivity index (χ1n) is 23.5. The quantitative estimate of drug-likeness (QED) is 0.0369. The summed E-state index contributed by atoms with van der Waals surface area (Å²) in [5.41, 5.74) is 0.